The zero-order valence-electron chi connectivity index (χ0n) is 24.7. The quantitative estimate of drug-likeness (QED) is 0.245. The van der Waals surface area contributed by atoms with Crippen LogP contribution in [0.5, 0.6) is 0 Å². The number of aliphatic hydroxyl groups excluding tert-OH is 2. The first kappa shape index (κ1) is 33.5. The Bertz CT molecular complexity index is 1020. The number of pyridine rings is 2. The largest absolute Gasteiger partial charge is 0.464 e. The molecule has 232 valence electrons. The van der Waals surface area contributed by atoms with Gasteiger partial charge >= 0.3 is 11.9 Å². The number of rotatable bonds is 18. The van der Waals surface area contributed by atoms with Gasteiger partial charge in [-0.1, -0.05) is 25.0 Å². The van der Waals surface area contributed by atoms with Crippen LogP contribution in [0.2, 0.25) is 0 Å². The topological polar surface area (TPSA) is 144 Å². The molecule has 1 aliphatic carbocycles. The molecule has 0 aromatic carbocycles. The molecule has 12 nitrogen and oxygen atoms in total. The van der Waals surface area contributed by atoms with E-state index in [-0.39, 0.29) is 36.8 Å². The fourth-order valence-electron chi connectivity index (χ4n) is 4.96. The minimum Gasteiger partial charge on any atom is -0.464 e. The molecule has 2 aromatic heterocycles. The molecule has 0 unspecified atom stereocenters. The highest BCUT2D eigenvalue weighted by Crippen LogP contribution is 2.24. The lowest BCUT2D eigenvalue weighted by Crippen LogP contribution is -2.39. The summed E-state index contributed by atoms with van der Waals surface area (Å²) in [5.74, 6) is -0.970. The number of hydrogen-bond acceptors (Lipinski definition) is 12. The smallest absolute Gasteiger partial charge is 0.356 e. The lowest BCUT2D eigenvalue weighted by molar-refractivity contribution is -0.0983. The highest BCUT2D eigenvalue weighted by atomic mass is 16.5. The fourth-order valence-corrected chi connectivity index (χ4v) is 4.96. The van der Waals surface area contributed by atoms with Gasteiger partial charge in [0.1, 0.15) is 11.4 Å². The van der Waals surface area contributed by atoms with E-state index < -0.39 is 11.9 Å². The maximum absolute atomic E-state index is 11.8. The average molecular weight is 589 g/mol. The molecular formula is C30H44N4O8. The number of methoxy groups -OCH3 is 2. The summed E-state index contributed by atoms with van der Waals surface area (Å²) in [4.78, 5) is 36.5. The van der Waals surface area contributed by atoms with Gasteiger partial charge in [0.2, 0.25) is 0 Å². The van der Waals surface area contributed by atoms with Crippen LogP contribution in [-0.2, 0) is 32.0 Å². The van der Waals surface area contributed by atoms with Crippen molar-refractivity contribution < 1.29 is 38.7 Å². The standard InChI is InChI=1S/C30H44N4O8/c1-39-29(37)25-9-5-7-23(31-25)21-33(13-17-35)15-19-41-27-11-3-4-12-28(27)42-20-16-34(14-18-36)22-24-8-6-10-26(32-24)30(38)40-2/h5-10,27-28,35-36H,3-4,11-22H2,1-2H3/t27-,28+. The molecule has 3 rings (SSSR count). The molecular weight excluding hydrogens is 544 g/mol. The van der Waals surface area contributed by atoms with Crippen molar-refractivity contribution in [3.8, 4) is 0 Å². The predicted molar refractivity (Wildman–Crippen MR) is 154 cm³/mol. The first-order valence-electron chi connectivity index (χ1n) is 14.5. The summed E-state index contributed by atoms with van der Waals surface area (Å²) >= 11 is 0. The second-order valence-electron chi connectivity index (χ2n) is 10.1. The third kappa shape index (κ3) is 11.0. The molecule has 0 saturated heterocycles. The summed E-state index contributed by atoms with van der Waals surface area (Å²) in [5.41, 5.74) is 1.93. The van der Waals surface area contributed by atoms with Crippen molar-refractivity contribution in [2.75, 3.05) is 66.8 Å². The van der Waals surface area contributed by atoms with Crippen LogP contribution in [0, 0.1) is 0 Å². The van der Waals surface area contributed by atoms with Crippen LogP contribution in [0.25, 0.3) is 0 Å². The number of nitrogens with zero attached hydrogens (tertiary/aromatic N) is 4. The summed E-state index contributed by atoms with van der Waals surface area (Å²) in [5, 5.41) is 19.1. The number of aliphatic hydroxyl groups is 2. The van der Waals surface area contributed by atoms with Crippen LogP contribution < -0.4 is 0 Å². The van der Waals surface area contributed by atoms with Gasteiger partial charge in [0.15, 0.2) is 0 Å². The van der Waals surface area contributed by atoms with E-state index in [1.54, 1.807) is 24.3 Å². The number of carbonyl (C=O) groups excluding carboxylic acids is 2. The van der Waals surface area contributed by atoms with Crippen LogP contribution in [0.3, 0.4) is 0 Å². The lowest BCUT2D eigenvalue weighted by Gasteiger charge is -2.33. The fraction of sp³-hybridized carbons (Fsp3) is 0.600. The second kappa shape index (κ2) is 18.5. The Balaban J connectivity index is 1.48. The van der Waals surface area contributed by atoms with E-state index in [9.17, 15) is 19.8 Å². The van der Waals surface area contributed by atoms with Gasteiger partial charge in [-0.3, -0.25) is 9.80 Å². The van der Waals surface area contributed by atoms with E-state index in [4.69, 9.17) is 18.9 Å². The highest BCUT2D eigenvalue weighted by molar-refractivity contribution is 5.87. The van der Waals surface area contributed by atoms with Gasteiger partial charge in [0.05, 0.1) is 64.2 Å². The Morgan fingerprint density at radius 1 is 0.738 bits per heavy atom. The van der Waals surface area contributed by atoms with Crippen molar-refractivity contribution in [3.63, 3.8) is 0 Å². The van der Waals surface area contributed by atoms with Crippen LogP contribution in [-0.4, -0.2) is 121 Å². The first-order valence-corrected chi connectivity index (χ1v) is 14.5. The number of hydrogen-bond donors (Lipinski definition) is 2. The molecule has 0 radical (unpaired) electrons. The van der Waals surface area contributed by atoms with Gasteiger partial charge in [-0.15, -0.1) is 0 Å². The zero-order chi connectivity index (χ0) is 30.2. The second-order valence-corrected chi connectivity index (χ2v) is 10.1. The van der Waals surface area contributed by atoms with Crippen LogP contribution >= 0.6 is 0 Å². The van der Waals surface area contributed by atoms with E-state index in [1.165, 1.54) is 14.2 Å². The maximum atomic E-state index is 11.8. The third-order valence-electron chi connectivity index (χ3n) is 7.13. The molecule has 2 heterocycles. The number of esters is 2. The normalized spacial score (nSPS) is 17.0. The van der Waals surface area contributed by atoms with E-state index in [0.717, 1.165) is 25.7 Å². The van der Waals surface area contributed by atoms with E-state index >= 15 is 0 Å². The van der Waals surface area contributed by atoms with Gasteiger partial charge in [-0.2, -0.15) is 0 Å². The van der Waals surface area contributed by atoms with Crippen LogP contribution in [0.1, 0.15) is 58.0 Å². The summed E-state index contributed by atoms with van der Waals surface area (Å²) in [7, 11) is 2.65. The van der Waals surface area contributed by atoms with Crippen molar-refractivity contribution in [2.24, 2.45) is 0 Å². The molecule has 1 aliphatic rings. The summed E-state index contributed by atoms with van der Waals surface area (Å²) in [6.07, 6.45) is 3.93. The van der Waals surface area contributed by atoms with Crippen molar-refractivity contribution in [1.82, 2.24) is 19.8 Å². The van der Waals surface area contributed by atoms with E-state index in [0.29, 0.717) is 63.9 Å². The average Bonchev–Trinajstić information content (AvgIpc) is 3.01. The highest BCUT2D eigenvalue weighted by Gasteiger charge is 2.27. The van der Waals surface area contributed by atoms with Crippen molar-refractivity contribution >= 4 is 11.9 Å². The third-order valence-corrected chi connectivity index (χ3v) is 7.13. The minimum atomic E-state index is -0.485. The Hall–Kier alpha value is -3.00. The number of aromatic nitrogens is 2. The first-order chi connectivity index (χ1) is 20.5. The molecule has 42 heavy (non-hydrogen) atoms. The monoisotopic (exact) mass is 588 g/mol. The summed E-state index contributed by atoms with van der Waals surface area (Å²) in [6, 6.07) is 10.4. The number of carbonyl (C=O) groups is 2. The Morgan fingerprint density at radius 3 is 1.55 bits per heavy atom. The molecule has 2 aromatic rings. The molecule has 0 spiro atoms. The Labute approximate surface area is 247 Å². The summed E-state index contributed by atoms with van der Waals surface area (Å²) in [6.45, 7) is 3.98. The zero-order valence-corrected chi connectivity index (χ0v) is 24.7. The van der Waals surface area contributed by atoms with Crippen molar-refractivity contribution in [1.29, 1.82) is 0 Å². The molecule has 0 amide bonds. The van der Waals surface area contributed by atoms with Gasteiger partial charge in [0.25, 0.3) is 0 Å². The molecule has 2 atom stereocenters. The van der Waals surface area contributed by atoms with Crippen molar-refractivity contribution in [3.05, 3.63) is 59.2 Å². The minimum absolute atomic E-state index is 0.00129. The van der Waals surface area contributed by atoms with Crippen molar-refractivity contribution in [2.45, 2.75) is 51.0 Å². The van der Waals surface area contributed by atoms with Crippen LogP contribution in [0.4, 0.5) is 0 Å². The molecule has 1 saturated carbocycles. The summed E-state index contributed by atoms with van der Waals surface area (Å²) < 4.78 is 22.1. The van der Waals surface area contributed by atoms with E-state index in [2.05, 4.69) is 9.97 Å². The number of ether oxygens (including phenoxy) is 4. The lowest BCUT2D eigenvalue weighted by atomic mass is 9.94. The maximum Gasteiger partial charge on any atom is 0.356 e. The SMILES string of the molecule is COC(=O)c1cccc(CN(CCO)CCO[C@H]2CCCC[C@H]2OCCN(CCO)Cc2cccc(C(=O)OC)n2)n1. The van der Waals surface area contributed by atoms with Gasteiger partial charge in [-0.05, 0) is 37.1 Å². The Kier molecular flexibility index (Phi) is 14.8. The molecule has 0 aliphatic heterocycles. The van der Waals surface area contributed by atoms with Gasteiger partial charge in [-0.25, -0.2) is 19.6 Å². The molecule has 12 heteroatoms. The molecule has 0 bridgehead atoms. The van der Waals surface area contributed by atoms with Gasteiger partial charge in [0, 0.05) is 39.3 Å². The Morgan fingerprint density at radius 2 is 1.17 bits per heavy atom. The predicted octanol–water partition coefficient (Wildman–Crippen LogP) is 1.68. The van der Waals surface area contributed by atoms with Crippen LogP contribution in [0.15, 0.2) is 36.4 Å². The molecule has 1 fully saturated rings. The van der Waals surface area contributed by atoms with E-state index in [1.807, 2.05) is 21.9 Å². The molecule has 2 N–H and O–H groups in total. The van der Waals surface area contributed by atoms with Gasteiger partial charge < -0.3 is 29.2 Å².